The van der Waals surface area contributed by atoms with Crippen LogP contribution in [0.25, 0.3) is 0 Å². The molecule has 0 heterocycles. The standard InChI is InChI=1S/C16H14F2O/c1-11(12-5-3-2-4-6-12)16(19)9-13-7-8-14(17)10-15(13)18/h2-8,10-11H,9H2,1H3. The molecule has 1 unspecified atom stereocenters. The molecule has 19 heavy (non-hydrogen) atoms. The highest BCUT2D eigenvalue weighted by molar-refractivity contribution is 5.87. The van der Waals surface area contributed by atoms with Crippen LogP contribution < -0.4 is 0 Å². The van der Waals surface area contributed by atoms with Crippen LogP contribution in [0.4, 0.5) is 8.78 Å². The lowest BCUT2D eigenvalue weighted by Gasteiger charge is -2.11. The Hall–Kier alpha value is -2.03. The number of halogens is 2. The molecule has 0 aliphatic rings. The fraction of sp³-hybridized carbons (Fsp3) is 0.188. The van der Waals surface area contributed by atoms with Crippen molar-refractivity contribution in [3.05, 3.63) is 71.3 Å². The SMILES string of the molecule is CC(C(=O)Cc1ccc(F)cc1F)c1ccccc1. The van der Waals surface area contributed by atoms with Crippen LogP contribution in [0.3, 0.4) is 0 Å². The smallest absolute Gasteiger partial charge is 0.144 e. The van der Waals surface area contributed by atoms with Crippen LogP contribution in [0.5, 0.6) is 0 Å². The highest BCUT2D eigenvalue weighted by atomic mass is 19.1. The van der Waals surface area contributed by atoms with E-state index in [1.165, 1.54) is 12.1 Å². The van der Waals surface area contributed by atoms with Gasteiger partial charge in [-0.1, -0.05) is 43.3 Å². The van der Waals surface area contributed by atoms with Gasteiger partial charge in [-0.05, 0) is 17.2 Å². The average Bonchev–Trinajstić information content (AvgIpc) is 2.42. The second kappa shape index (κ2) is 5.74. The summed E-state index contributed by atoms with van der Waals surface area (Å²) < 4.78 is 26.3. The quantitative estimate of drug-likeness (QED) is 0.815. The number of hydrogen-bond acceptors (Lipinski definition) is 1. The van der Waals surface area contributed by atoms with Crippen LogP contribution in [0.1, 0.15) is 24.0 Å². The van der Waals surface area contributed by atoms with Crippen molar-refractivity contribution in [2.45, 2.75) is 19.3 Å². The normalized spacial score (nSPS) is 12.2. The minimum atomic E-state index is -0.673. The molecule has 98 valence electrons. The maximum absolute atomic E-state index is 13.5. The lowest BCUT2D eigenvalue weighted by atomic mass is 9.93. The molecule has 0 saturated heterocycles. The Bertz CT molecular complexity index is 579. The monoisotopic (exact) mass is 260 g/mol. The summed E-state index contributed by atoms with van der Waals surface area (Å²) >= 11 is 0. The van der Waals surface area contributed by atoms with Crippen LogP contribution >= 0.6 is 0 Å². The van der Waals surface area contributed by atoms with E-state index in [9.17, 15) is 13.6 Å². The van der Waals surface area contributed by atoms with E-state index in [1.54, 1.807) is 6.92 Å². The minimum absolute atomic E-state index is 0.0256. The first-order chi connectivity index (χ1) is 9.08. The second-order valence-electron chi connectivity index (χ2n) is 4.51. The molecule has 0 N–H and O–H groups in total. The molecule has 0 spiro atoms. The Morgan fingerprint density at radius 3 is 2.42 bits per heavy atom. The van der Waals surface area contributed by atoms with Crippen molar-refractivity contribution >= 4 is 5.78 Å². The van der Waals surface area contributed by atoms with E-state index in [0.717, 1.165) is 11.6 Å². The molecule has 1 atom stereocenters. The van der Waals surface area contributed by atoms with Crippen LogP contribution in [0.2, 0.25) is 0 Å². The van der Waals surface area contributed by atoms with Gasteiger partial charge in [0.05, 0.1) is 0 Å². The van der Waals surface area contributed by atoms with E-state index < -0.39 is 11.6 Å². The molecule has 0 saturated carbocycles. The number of carbonyl (C=O) groups excluding carboxylic acids is 1. The highest BCUT2D eigenvalue weighted by Gasteiger charge is 2.17. The summed E-state index contributed by atoms with van der Waals surface area (Å²) in [6.07, 6.45) is -0.0256. The Kier molecular flexibility index (Phi) is 4.05. The van der Waals surface area contributed by atoms with Crippen molar-refractivity contribution in [3.8, 4) is 0 Å². The topological polar surface area (TPSA) is 17.1 Å². The van der Waals surface area contributed by atoms with Gasteiger partial charge in [-0.2, -0.15) is 0 Å². The molecule has 0 aliphatic heterocycles. The number of rotatable bonds is 4. The van der Waals surface area contributed by atoms with E-state index in [1.807, 2.05) is 30.3 Å². The zero-order valence-electron chi connectivity index (χ0n) is 10.6. The van der Waals surface area contributed by atoms with Gasteiger partial charge < -0.3 is 0 Å². The molecular weight excluding hydrogens is 246 g/mol. The summed E-state index contributed by atoms with van der Waals surface area (Å²) in [4.78, 5) is 12.1. The number of Topliss-reactive ketones (excluding diaryl/α,β-unsaturated/α-hetero) is 1. The lowest BCUT2D eigenvalue weighted by Crippen LogP contribution is -2.13. The van der Waals surface area contributed by atoms with Gasteiger partial charge in [-0.15, -0.1) is 0 Å². The fourth-order valence-corrected chi connectivity index (χ4v) is 1.93. The van der Waals surface area contributed by atoms with Gasteiger partial charge >= 0.3 is 0 Å². The fourth-order valence-electron chi connectivity index (χ4n) is 1.93. The number of ketones is 1. The van der Waals surface area contributed by atoms with Crippen molar-refractivity contribution in [3.63, 3.8) is 0 Å². The third-order valence-corrected chi connectivity index (χ3v) is 3.16. The molecule has 1 nitrogen and oxygen atoms in total. The Morgan fingerprint density at radius 1 is 1.11 bits per heavy atom. The van der Waals surface area contributed by atoms with E-state index >= 15 is 0 Å². The zero-order valence-corrected chi connectivity index (χ0v) is 10.6. The summed E-state index contributed by atoms with van der Waals surface area (Å²) in [6.45, 7) is 1.79. The molecule has 2 aromatic carbocycles. The summed E-state index contributed by atoms with van der Waals surface area (Å²) in [5.41, 5.74) is 1.13. The van der Waals surface area contributed by atoms with Gasteiger partial charge in [0.2, 0.25) is 0 Å². The first-order valence-corrected chi connectivity index (χ1v) is 6.09. The summed E-state index contributed by atoms with van der Waals surface area (Å²) in [6, 6.07) is 12.6. The molecular formula is C16H14F2O. The minimum Gasteiger partial charge on any atom is -0.299 e. The van der Waals surface area contributed by atoms with Gasteiger partial charge in [-0.25, -0.2) is 8.78 Å². The van der Waals surface area contributed by atoms with Crippen molar-refractivity contribution in [2.24, 2.45) is 0 Å². The number of carbonyl (C=O) groups is 1. The molecule has 2 aromatic rings. The molecule has 0 aliphatic carbocycles. The molecule has 2 rings (SSSR count). The van der Waals surface area contributed by atoms with Crippen LogP contribution in [-0.4, -0.2) is 5.78 Å². The van der Waals surface area contributed by atoms with Crippen molar-refractivity contribution in [1.29, 1.82) is 0 Å². The van der Waals surface area contributed by atoms with Crippen molar-refractivity contribution < 1.29 is 13.6 Å². The van der Waals surface area contributed by atoms with Crippen LogP contribution in [0, 0.1) is 11.6 Å². The van der Waals surface area contributed by atoms with Gasteiger partial charge in [0.25, 0.3) is 0 Å². The summed E-state index contributed by atoms with van der Waals surface area (Å²) in [7, 11) is 0. The molecule has 3 heteroatoms. The summed E-state index contributed by atoms with van der Waals surface area (Å²) in [5.74, 6) is -1.69. The third kappa shape index (κ3) is 3.25. The summed E-state index contributed by atoms with van der Waals surface area (Å²) in [5, 5.41) is 0. The van der Waals surface area contributed by atoms with Gasteiger partial charge in [0.15, 0.2) is 0 Å². The number of benzene rings is 2. The first-order valence-electron chi connectivity index (χ1n) is 6.09. The molecule has 0 aromatic heterocycles. The maximum atomic E-state index is 13.5. The molecule has 0 bridgehead atoms. The van der Waals surface area contributed by atoms with E-state index in [0.29, 0.717) is 0 Å². The molecule has 0 amide bonds. The molecule has 0 radical (unpaired) electrons. The Labute approximate surface area is 110 Å². The van der Waals surface area contributed by atoms with Crippen molar-refractivity contribution in [2.75, 3.05) is 0 Å². The van der Waals surface area contributed by atoms with Crippen molar-refractivity contribution in [1.82, 2.24) is 0 Å². The van der Waals surface area contributed by atoms with Crippen LogP contribution in [0.15, 0.2) is 48.5 Å². The molecule has 0 fully saturated rings. The van der Waals surface area contributed by atoms with E-state index in [-0.39, 0.29) is 23.7 Å². The second-order valence-corrected chi connectivity index (χ2v) is 4.51. The first kappa shape index (κ1) is 13.4. The largest absolute Gasteiger partial charge is 0.299 e. The van der Waals surface area contributed by atoms with Gasteiger partial charge in [0, 0.05) is 18.4 Å². The van der Waals surface area contributed by atoms with E-state index in [4.69, 9.17) is 0 Å². The number of hydrogen-bond donors (Lipinski definition) is 0. The highest BCUT2D eigenvalue weighted by Crippen LogP contribution is 2.19. The lowest BCUT2D eigenvalue weighted by molar-refractivity contribution is -0.119. The predicted octanol–water partition coefficient (Wildman–Crippen LogP) is 3.88. The van der Waals surface area contributed by atoms with Crippen LogP contribution in [-0.2, 0) is 11.2 Å². The van der Waals surface area contributed by atoms with Gasteiger partial charge in [-0.3, -0.25) is 4.79 Å². The Balaban J connectivity index is 2.13. The zero-order chi connectivity index (χ0) is 13.8. The average molecular weight is 260 g/mol. The Morgan fingerprint density at radius 2 is 1.79 bits per heavy atom. The maximum Gasteiger partial charge on any atom is 0.144 e. The predicted molar refractivity (Wildman–Crippen MR) is 69.9 cm³/mol. The third-order valence-electron chi connectivity index (χ3n) is 3.16. The van der Waals surface area contributed by atoms with Gasteiger partial charge in [0.1, 0.15) is 17.4 Å². The van der Waals surface area contributed by atoms with E-state index in [2.05, 4.69) is 0 Å².